The van der Waals surface area contributed by atoms with Crippen molar-refractivity contribution in [3.63, 3.8) is 0 Å². The van der Waals surface area contributed by atoms with Gasteiger partial charge >= 0.3 is 0 Å². The lowest BCUT2D eigenvalue weighted by molar-refractivity contribution is -0.118. The normalized spacial score (nSPS) is 10.9. The highest BCUT2D eigenvalue weighted by Crippen LogP contribution is 2.34. The lowest BCUT2D eigenvalue weighted by Crippen LogP contribution is -2.23. The number of H-pyrrole nitrogens is 1. The van der Waals surface area contributed by atoms with E-state index < -0.39 is 0 Å². The Hall–Kier alpha value is -2.79. The monoisotopic (exact) mass is 398 g/mol. The van der Waals surface area contributed by atoms with E-state index in [1.165, 1.54) is 6.92 Å². The van der Waals surface area contributed by atoms with Crippen LogP contribution in [0.15, 0.2) is 30.3 Å². The number of amides is 1. The van der Waals surface area contributed by atoms with Crippen molar-refractivity contribution in [1.29, 1.82) is 0 Å². The number of aromatic amines is 1. The van der Waals surface area contributed by atoms with Crippen LogP contribution in [-0.4, -0.2) is 30.3 Å². The molecule has 3 aromatic rings. The van der Waals surface area contributed by atoms with Crippen LogP contribution in [0, 0.1) is 13.8 Å². The second-order valence-corrected chi connectivity index (χ2v) is 7.25. The number of ether oxygens (including phenoxy) is 1. The summed E-state index contributed by atoms with van der Waals surface area (Å²) in [4.78, 5) is 28.0. The maximum atomic E-state index is 13.4. The summed E-state index contributed by atoms with van der Waals surface area (Å²) in [6.45, 7) is 5.76. The van der Waals surface area contributed by atoms with Gasteiger partial charge < -0.3 is 15.0 Å². The third kappa shape index (κ3) is 3.76. The molecular formula is C22H23ClN2O3. The van der Waals surface area contributed by atoms with Crippen molar-refractivity contribution in [2.24, 2.45) is 0 Å². The minimum atomic E-state index is -0.108. The quantitative estimate of drug-likeness (QED) is 0.606. The van der Waals surface area contributed by atoms with Crippen molar-refractivity contribution in [3.05, 3.63) is 63.3 Å². The molecule has 1 aromatic heterocycles. The fourth-order valence-corrected chi connectivity index (χ4v) is 3.76. The molecule has 6 heteroatoms. The van der Waals surface area contributed by atoms with E-state index in [2.05, 4.69) is 10.3 Å². The molecule has 2 N–H and O–H groups in total. The highest BCUT2D eigenvalue weighted by atomic mass is 35.5. The van der Waals surface area contributed by atoms with E-state index in [9.17, 15) is 9.59 Å². The topological polar surface area (TPSA) is 71.2 Å². The molecular weight excluding hydrogens is 376 g/mol. The van der Waals surface area contributed by atoms with Gasteiger partial charge in [-0.3, -0.25) is 9.59 Å². The zero-order valence-corrected chi connectivity index (χ0v) is 17.2. The third-order valence-corrected chi connectivity index (χ3v) is 5.16. The van der Waals surface area contributed by atoms with Gasteiger partial charge in [0.1, 0.15) is 5.75 Å². The molecule has 1 heterocycles. The summed E-state index contributed by atoms with van der Waals surface area (Å²) in [5, 5.41) is 4.13. The largest absolute Gasteiger partial charge is 0.495 e. The Morgan fingerprint density at radius 1 is 1.18 bits per heavy atom. The summed E-state index contributed by atoms with van der Waals surface area (Å²) in [6.07, 6.45) is 0.510. The predicted octanol–water partition coefficient (Wildman–Crippen LogP) is 4.36. The Labute approximate surface area is 169 Å². The summed E-state index contributed by atoms with van der Waals surface area (Å²) >= 11 is 6.27. The van der Waals surface area contributed by atoms with E-state index in [0.29, 0.717) is 35.0 Å². The maximum absolute atomic E-state index is 13.4. The minimum absolute atomic E-state index is 0.0697. The van der Waals surface area contributed by atoms with Crippen LogP contribution in [0.2, 0.25) is 5.02 Å². The molecule has 0 radical (unpaired) electrons. The minimum Gasteiger partial charge on any atom is -0.495 e. The lowest BCUT2D eigenvalue weighted by atomic mass is 9.95. The number of benzene rings is 2. The number of hydrogen-bond acceptors (Lipinski definition) is 3. The van der Waals surface area contributed by atoms with Gasteiger partial charge in [0.2, 0.25) is 11.7 Å². The standard InChI is InChI=1S/C22H23ClN2O3/c1-12-6-5-7-13(2)20(12)22(27)21-15(8-9-24-14(3)26)16-10-19(28-4)17(23)11-18(16)25-21/h5-7,10-11,25H,8-9H2,1-4H3,(H,24,26). The summed E-state index contributed by atoms with van der Waals surface area (Å²) < 4.78 is 5.34. The van der Waals surface area contributed by atoms with Crippen LogP contribution in [-0.2, 0) is 11.2 Å². The van der Waals surface area contributed by atoms with Gasteiger partial charge in [0.25, 0.3) is 0 Å². The summed E-state index contributed by atoms with van der Waals surface area (Å²) in [5.41, 5.74) is 4.65. The van der Waals surface area contributed by atoms with Gasteiger partial charge in [-0.05, 0) is 49.1 Å². The molecule has 0 aliphatic heterocycles. The Morgan fingerprint density at radius 2 is 1.86 bits per heavy atom. The van der Waals surface area contributed by atoms with Crippen LogP contribution >= 0.6 is 11.6 Å². The number of carbonyl (C=O) groups excluding carboxylic acids is 2. The number of nitrogens with one attached hydrogen (secondary N) is 2. The van der Waals surface area contributed by atoms with Crippen molar-refractivity contribution in [2.75, 3.05) is 13.7 Å². The first-order chi connectivity index (χ1) is 13.3. The Balaban J connectivity index is 2.17. The van der Waals surface area contributed by atoms with Crippen molar-refractivity contribution < 1.29 is 14.3 Å². The molecule has 0 aliphatic rings. The number of aromatic nitrogens is 1. The van der Waals surface area contributed by atoms with Crippen molar-refractivity contribution in [3.8, 4) is 5.75 Å². The smallest absolute Gasteiger partial charge is 0.216 e. The molecule has 28 heavy (non-hydrogen) atoms. The zero-order chi connectivity index (χ0) is 20.4. The number of ketones is 1. The number of methoxy groups -OCH3 is 1. The van der Waals surface area contributed by atoms with E-state index in [-0.39, 0.29) is 11.7 Å². The zero-order valence-electron chi connectivity index (χ0n) is 16.4. The number of hydrogen-bond donors (Lipinski definition) is 2. The summed E-state index contributed by atoms with van der Waals surface area (Å²) in [5.74, 6) is 0.364. The van der Waals surface area contributed by atoms with Gasteiger partial charge in [0.15, 0.2) is 0 Å². The van der Waals surface area contributed by atoms with E-state index in [0.717, 1.165) is 27.6 Å². The predicted molar refractivity (Wildman–Crippen MR) is 112 cm³/mol. The fraction of sp³-hybridized carbons (Fsp3) is 0.273. The van der Waals surface area contributed by atoms with Crippen LogP contribution in [0.5, 0.6) is 5.75 Å². The Morgan fingerprint density at radius 3 is 2.46 bits per heavy atom. The van der Waals surface area contributed by atoms with Crippen LogP contribution < -0.4 is 10.1 Å². The third-order valence-electron chi connectivity index (χ3n) is 4.86. The second kappa shape index (κ2) is 8.07. The van der Waals surface area contributed by atoms with Gasteiger partial charge in [-0.15, -0.1) is 0 Å². The van der Waals surface area contributed by atoms with E-state index >= 15 is 0 Å². The molecule has 0 fully saturated rings. The molecule has 0 spiro atoms. The SMILES string of the molecule is COc1cc2c(CCNC(C)=O)c(C(=O)c3c(C)cccc3C)[nH]c2cc1Cl. The molecule has 3 rings (SSSR count). The maximum Gasteiger partial charge on any atom is 0.216 e. The van der Waals surface area contributed by atoms with E-state index in [4.69, 9.17) is 16.3 Å². The number of carbonyl (C=O) groups is 2. The Kier molecular flexibility index (Phi) is 5.75. The van der Waals surface area contributed by atoms with Crippen molar-refractivity contribution >= 4 is 34.2 Å². The molecule has 146 valence electrons. The van der Waals surface area contributed by atoms with Crippen LogP contribution in [0.4, 0.5) is 0 Å². The molecule has 0 atom stereocenters. The van der Waals surface area contributed by atoms with Crippen molar-refractivity contribution in [1.82, 2.24) is 10.3 Å². The number of fused-ring (bicyclic) bond motifs is 1. The first kappa shape index (κ1) is 20.0. The molecule has 2 aromatic carbocycles. The highest BCUT2D eigenvalue weighted by molar-refractivity contribution is 6.33. The molecule has 0 bridgehead atoms. The molecule has 1 amide bonds. The number of rotatable bonds is 6. The van der Waals surface area contributed by atoms with Crippen LogP contribution in [0.3, 0.4) is 0 Å². The molecule has 0 saturated carbocycles. The van der Waals surface area contributed by atoms with Gasteiger partial charge in [-0.1, -0.05) is 29.8 Å². The summed E-state index contributed by atoms with van der Waals surface area (Å²) in [7, 11) is 1.55. The Bertz CT molecular complexity index is 1050. The van der Waals surface area contributed by atoms with E-state index in [1.54, 1.807) is 13.2 Å². The number of halogens is 1. The van der Waals surface area contributed by atoms with Crippen molar-refractivity contribution in [2.45, 2.75) is 27.2 Å². The lowest BCUT2D eigenvalue weighted by Gasteiger charge is -2.10. The fourth-order valence-electron chi connectivity index (χ4n) is 3.52. The van der Waals surface area contributed by atoms with Crippen LogP contribution in [0.1, 0.15) is 39.7 Å². The number of aryl methyl sites for hydroxylation is 2. The van der Waals surface area contributed by atoms with Gasteiger partial charge in [0.05, 0.1) is 17.8 Å². The van der Waals surface area contributed by atoms with Gasteiger partial charge in [0, 0.05) is 29.9 Å². The molecule has 0 unspecified atom stereocenters. The second-order valence-electron chi connectivity index (χ2n) is 6.84. The van der Waals surface area contributed by atoms with Gasteiger partial charge in [-0.25, -0.2) is 0 Å². The molecule has 0 aliphatic carbocycles. The summed E-state index contributed by atoms with van der Waals surface area (Å²) in [6, 6.07) is 9.40. The average Bonchev–Trinajstić information content (AvgIpc) is 2.97. The highest BCUT2D eigenvalue weighted by Gasteiger charge is 2.22. The molecule has 0 saturated heterocycles. The van der Waals surface area contributed by atoms with E-state index in [1.807, 2.05) is 38.1 Å². The molecule has 5 nitrogen and oxygen atoms in total. The van der Waals surface area contributed by atoms with Gasteiger partial charge in [-0.2, -0.15) is 0 Å². The van der Waals surface area contributed by atoms with Crippen LogP contribution in [0.25, 0.3) is 10.9 Å². The average molecular weight is 399 g/mol. The first-order valence-electron chi connectivity index (χ1n) is 9.07. The first-order valence-corrected chi connectivity index (χ1v) is 9.44.